The van der Waals surface area contributed by atoms with E-state index in [1.165, 1.54) is 21.7 Å². The number of aryl methyl sites for hydroxylation is 1. The van der Waals surface area contributed by atoms with Gasteiger partial charge in [0, 0.05) is 24.5 Å². The molecular formula is C23H24F3N3O3S. The van der Waals surface area contributed by atoms with E-state index in [4.69, 9.17) is 14.6 Å². The molecule has 10 heteroatoms. The lowest BCUT2D eigenvalue weighted by Gasteiger charge is -2.35. The minimum Gasteiger partial charge on any atom is -0.475 e. The largest absolute Gasteiger partial charge is 0.490 e. The Kier molecular flexibility index (Phi) is 6.60. The molecule has 1 fully saturated rings. The first-order chi connectivity index (χ1) is 15.7. The Morgan fingerprint density at radius 1 is 1.24 bits per heavy atom. The fourth-order valence-corrected chi connectivity index (χ4v) is 4.89. The van der Waals surface area contributed by atoms with Crippen LogP contribution in [0.15, 0.2) is 48.0 Å². The molecule has 0 aliphatic carbocycles. The summed E-state index contributed by atoms with van der Waals surface area (Å²) < 4.78 is 40.5. The Bertz CT molecular complexity index is 1100. The van der Waals surface area contributed by atoms with Crippen LogP contribution in [0.25, 0.3) is 11.3 Å². The fraction of sp³-hybridized carbons (Fsp3) is 0.391. The van der Waals surface area contributed by atoms with Gasteiger partial charge in [-0.05, 0) is 30.4 Å². The van der Waals surface area contributed by atoms with E-state index in [0.717, 1.165) is 38.4 Å². The predicted molar refractivity (Wildman–Crippen MR) is 118 cm³/mol. The maximum absolute atomic E-state index is 10.6. The molecule has 1 atom stereocenters. The van der Waals surface area contributed by atoms with Gasteiger partial charge in [0.2, 0.25) is 0 Å². The Labute approximate surface area is 193 Å². The van der Waals surface area contributed by atoms with Crippen molar-refractivity contribution >= 4 is 17.3 Å². The third-order valence-corrected chi connectivity index (χ3v) is 6.70. The minimum absolute atomic E-state index is 0.0790. The summed E-state index contributed by atoms with van der Waals surface area (Å²) in [4.78, 5) is 17.5. The smallest absolute Gasteiger partial charge is 0.475 e. The van der Waals surface area contributed by atoms with E-state index < -0.39 is 12.1 Å². The van der Waals surface area contributed by atoms with Crippen LogP contribution >= 0.6 is 11.3 Å². The molecule has 1 N–H and O–H groups in total. The van der Waals surface area contributed by atoms with E-state index in [0.29, 0.717) is 6.61 Å². The van der Waals surface area contributed by atoms with Gasteiger partial charge in [0.25, 0.3) is 0 Å². The van der Waals surface area contributed by atoms with Crippen molar-refractivity contribution in [2.24, 2.45) is 0 Å². The highest BCUT2D eigenvalue weighted by atomic mass is 32.1. The summed E-state index contributed by atoms with van der Waals surface area (Å²) in [7, 11) is 0. The van der Waals surface area contributed by atoms with Crippen molar-refractivity contribution in [1.29, 1.82) is 0 Å². The zero-order chi connectivity index (χ0) is 23.6. The molecule has 1 unspecified atom stereocenters. The number of alkyl halides is 3. The monoisotopic (exact) mass is 479 g/mol. The van der Waals surface area contributed by atoms with Crippen LogP contribution in [0.4, 0.5) is 13.2 Å². The van der Waals surface area contributed by atoms with Crippen LogP contribution in [-0.4, -0.2) is 50.4 Å². The minimum atomic E-state index is -5.08. The average molecular weight is 480 g/mol. The molecule has 6 nitrogen and oxygen atoms in total. The number of halogens is 3. The molecular weight excluding hydrogens is 455 g/mol. The summed E-state index contributed by atoms with van der Waals surface area (Å²) in [5, 5.41) is 9.28. The number of thiophene rings is 1. The molecule has 1 saturated heterocycles. The number of hydrogen-bond donors (Lipinski definition) is 1. The first-order valence-corrected chi connectivity index (χ1v) is 11.3. The lowest BCUT2D eigenvalue weighted by atomic mass is 10.0. The second-order valence-corrected chi connectivity index (χ2v) is 9.36. The number of carboxylic acid groups (broad SMARTS) is 1. The third-order valence-electron chi connectivity index (χ3n) is 5.84. The number of hydrogen-bond acceptors (Lipinski definition) is 5. The van der Waals surface area contributed by atoms with Crippen LogP contribution in [0.1, 0.15) is 22.7 Å². The van der Waals surface area contributed by atoms with Gasteiger partial charge in [0.05, 0.1) is 18.4 Å². The van der Waals surface area contributed by atoms with Crippen molar-refractivity contribution in [3.8, 4) is 11.3 Å². The number of rotatable bonds is 3. The molecule has 0 saturated carbocycles. The molecule has 2 aliphatic rings. The van der Waals surface area contributed by atoms with Gasteiger partial charge < -0.3 is 14.4 Å². The molecule has 1 aromatic carbocycles. The molecule has 33 heavy (non-hydrogen) atoms. The van der Waals surface area contributed by atoms with Gasteiger partial charge in [0.15, 0.2) is 0 Å². The van der Waals surface area contributed by atoms with Gasteiger partial charge in [-0.15, -0.1) is 11.3 Å². The number of likely N-dealkylation sites (tertiary alicyclic amines) is 1. The molecule has 176 valence electrons. The van der Waals surface area contributed by atoms with Crippen LogP contribution in [0.2, 0.25) is 0 Å². The van der Waals surface area contributed by atoms with Crippen molar-refractivity contribution in [2.75, 3.05) is 13.1 Å². The lowest BCUT2D eigenvalue weighted by Crippen LogP contribution is -2.44. The highest BCUT2D eigenvalue weighted by Gasteiger charge is 2.43. The van der Waals surface area contributed by atoms with Crippen LogP contribution in [0.3, 0.4) is 0 Å². The van der Waals surface area contributed by atoms with Gasteiger partial charge in [0.1, 0.15) is 18.0 Å². The number of fused-ring (bicyclic) bond motifs is 1. The maximum atomic E-state index is 10.6. The molecule has 2 aromatic heterocycles. The van der Waals surface area contributed by atoms with Crippen molar-refractivity contribution < 1.29 is 27.8 Å². The molecule has 0 radical (unpaired) electrons. The zero-order valence-corrected chi connectivity index (χ0v) is 18.8. The molecule has 3 aromatic rings. The van der Waals surface area contributed by atoms with Crippen LogP contribution in [0, 0.1) is 6.92 Å². The summed E-state index contributed by atoms with van der Waals surface area (Å²) in [5.41, 5.74) is 3.65. The first kappa shape index (κ1) is 23.5. The Hall–Kier alpha value is -2.69. The van der Waals surface area contributed by atoms with Crippen molar-refractivity contribution in [3.63, 3.8) is 0 Å². The number of imidazole rings is 1. The second kappa shape index (κ2) is 9.28. The molecule has 0 amide bonds. The van der Waals surface area contributed by atoms with E-state index in [1.54, 1.807) is 0 Å². The number of carboxylic acids is 1. The van der Waals surface area contributed by atoms with E-state index in [2.05, 4.69) is 63.2 Å². The van der Waals surface area contributed by atoms with Gasteiger partial charge in [-0.3, -0.25) is 4.90 Å². The molecule has 5 rings (SSSR count). The van der Waals surface area contributed by atoms with E-state index in [-0.39, 0.29) is 5.60 Å². The first-order valence-electron chi connectivity index (χ1n) is 10.5. The summed E-state index contributed by atoms with van der Waals surface area (Å²) >= 11 is 1.84. The van der Waals surface area contributed by atoms with E-state index in [9.17, 15) is 13.2 Å². The summed E-state index contributed by atoms with van der Waals surface area (Å²) in [5.74, 6) is -1.71. The SMILES string of the molecule is Cc1ccc(-c2cnc3n2CC2(CCN(Cc4cccs4)C2)OC3)cc1.O=C(O)C(F)(F)F. The normalized spacial score (nSPS) is 20.4. The van der Waals surface area contributed by atoms with Crippen LogP contribution in [-0.2, 0) is 29.2 Å². The quantitative estimate of drug-likeness (QED) is 0.589. The number of aliphatic carboxylic acids is 1. The van der Waals surface area contributed by atoms with E-state index in [1.807, 2.05) is 17.5 Å². The second-order valence-electron chi connectivity index (χ2n) is 8.33. The van der Waals surface area contributed by atoms with Crippen LogP contribution < -0.4 is 0 Å². The molecule has 0 bridgehead atoms. The highest BCUT2D eigenvalue weighted by molar-refractivity contribution is 7.09. The van der Waals surface area contributed by atoms with Crippen molar-refractivity contribution in [3.05, 3.63) is 64.2 Å². The summed E-state index contributed by atoms with van der Waals surface area (Å²) in [6.45, 7) is 6.76. The Morgan fingerprint density at radius 3 is 2.61 bits per heavy atom. The molecule has 2 aliphatic heterocycles. The van der Waals surface area contributed by atoms with Crippen molar-refractivity contribution in [2.45, 2.75) is 44.8 Å². The van der Waals surface area contributed by atoms with Gasteiger partial charge >= 0.3 is 12.1 Å². The van der Waals surface area contributed by atoms with Crippen molar-refractivity contribution in [1.82, 2.24) is 14.5 Å². The maximum Gasteiger partial charge on any atom is 0.490 e. The molecule has 4 heterocycles. The summed E-state index contributed by atoms with van der Waals surface area (Å²) in [6.07, 6.45) is -2.00. The fourth-order valence-electron chi connectivity index (χ4n) is 4.14. The average Bonchev–Trinajstić information content (AvgIpc) is 3.50. The van der Waals surface area contributed by atoms with Crippen LogP contribution in [0.5, 0.6) is 0 Å². The van der Waals surface area contributed by atoms with Gasteiger partial charge in [-0.2, -0.15) is 13.2 Å². The number of carbonyl (C=O) groups is 1. The topological polar surface area (TPSA) is 67.6 Å². The number of aromatic nitrogens is 2. The predicted octanol–water partition coefficient (Wildman–Crippen LogP) is 4.73. The molecule has 1 spiro atoms. The van der Waals surface area contributed by atoms with Gasteiger partial charge in [-0.25, -0.2) is 9.78 Å². The number of nitrogens with zero attached hydrogens (tertiary/aromatic N) is 3. The standard InChI is InChI=1S/C21H23N3OS.C2HF3O2/c1-16-4-6-17(7-5-16)19-11-22-20-13-25-21(15-24(19)20)8-9-23(14-21)12-18-3-2-10-26-18;3-2(4,5)1(6)7/h2-7,10-11H,8-9,12-15H2,1H3;(H,6,7). The highest BCUT2D eigenvalue weighted by Crippen LogP contribution is 2.35. The number of ether oxygens (including phenoxy) is 1. The third kappa shape index (κ3) is 5.45. The zero-order valence-electron chi connectivity index (χ0n) is 18.0. The Morgan fingerprint density at radius 2 is 1.97 bits per heavy atom. The van der Waals surface area contributed by atoms with Gasteiger partial charge in [-0.1, -0.05) is 35.9 Å². The summed E-state index contributed by atoms with van der Waals surface area (Å²) in [6, 6.07) is 13.1. The number of benzene rings is 1. The van der Waals surface area contributed by atoms with E-state index >= 15 is 0 Å². The lowest BCUT2D eigenvalue weighted by molar-refractivity contribution is -0.192. The Balaban J connectivity index is 0.000000325.